The van der Waals surface area contributed by atoms with Crippen LogP contribution in [0.5, 0.6) is 0 Å². The number of nitrogens with two attached hydrogens (primary N) is 1. The van der Waals surface area contributed by atoms with E-state index in [1.54, 1.807) is 24.3 Å². The van der Waals surface area contributed by atoms with Gasteiger partial charge in [-0.25, -0.2) is 0 Å². The van der Waals surface area contributed by atoms with E-state index >= 15 is 0 Å². The second-order valence-electron chi connectivity index (χ2n) is 6.61. The van der Waals surface area contributed by atoms with Crippen molar-refractivity contribution in [2.24, 2.45) is 0 Å². The third kappa shape index (κ3) is 5.19. The smallest absolute Gasteiger partial charge is 0.251 e. The molecule has 0 spiro atoms. The van der Waals surface area contributed by atoms with Gasteiger partial charge in [-0.05, 0) is 29.3 Å². The fourth-order valence-electron chi connectivity index (χ4n) is 3.12. The molecule has 3 rings (SSSR count). The standard InChI is InChI=1S/C23H25N3O2/c24-20-13-7-12-19(14-20)23(28)25-15-21(17-8-3-1-4-9-17)26-22(16-27)18-10-5-2-6-11-18/h1-14,21-22,26-27H,15-16,24H2,(H,25,28). The van der Waals surface area contributed by atoms with Crippen molar-refractivity contribution >= 4 is 11.6 Å². The van der Waals surface area contributed by atoms with Crippen molar-refractivity contribution < 1.29 is 9.90 Å². The number of nitrogens with one attached hydrogen (secondary N) is 2. The van der Waals surface area contributed by atoms with Crippen LogP contribution in [-0.4, -0.2) is 24.2 Å². The van der Waals surface area contributed by atoms with E-state index in [0.29, 0.717) is 17.8 Å². The summed E-state index contributed by atoms with van der Waals surface area (Å²) in [5.74, 6) is -0.185. The zero-order chi connectivity index (χ0) is 19.8. The second-order valence-corrected chi connectivity index (χ2v) is 6.61. The Kier molecular flexibility index (Phi) is 6.78. The quantitative estimate of drug-likeness (QED) is 0.456. The number of carbonyl (C=O) groups is 1. The Labute approximate surface area is 165 Å². The van der Waals surface area contributed by atoms with Crippen LogP contribution < -0.4 is 16.4 Å². The normalized spacial score (nSPS) is 12.9. The Morgan fingerprint density at radius 2 is 1.46 bits per heavy atom. The molecule has 0 aliphatic heterocycles. The largest absolute Gasteiger partial charge is 0.399 e. The fourth-order valence-corrected chi connectivity index (χ4v) is 3.12. The number of anilines is 1. The van der Waals surface area contributed by atoms with Gasteiger partial charge < -0.3 is 16.2 Å². The summed E-state index contributed by atoms with van der Waals surface area (Å²) in [5, 5.41) is 16.3. The molecule has 5 nitrogen and oxygen atoms in total. The molecule has 5 N–H and O–H groups in total. The number of hydrogen-bond acceptors (Lipinski definition) is 4. The van der Waals surface area contributed by atoms with Gasteiger partial charge in [0.25, 0.3) is 5.91 Å². The number of amides is 1. The summed E-state index contributed by atoms with van der Waals surface area (Å²) < 4.78 is 0. The highest BCUT2D eigenvalue weighted by atomic mass is 16.3. The molecule has 0 bridgehead atoms. The van der Waals surface area contributed by atoms with Crippen LogP contribution in [0.15, 0.2) is 84.9 Å². The van der Waals surface area contributed by atoms with Crippen molar-refractivity contribution in [3.8, 4) is 0 Å². The van der Waals surface area contributed by atoms with Crippen LogP contribution in [0.25, 0.3) is 0 Å². The number of nitrogen functional groups attached to an aromatic ring is 1. The minimum Gasteiger partial charge on any atom is -0.399 e. The minimum absolute atomic E-state index is 0.0451. The molecule has 0 fully saturated rings. The lowest BCUT2D eigenvalue weighted by Gasteiger charge is -2.26. The summed E-state index contributed by atoms with van der Waals surface area (Å²) in [5.41, 5.74) is 8.87. The summed E-state index contributed by atoms with van der Waals surface area (Å²) >= 11 is 0. The monoisotopic (exact) mass is 375 g/mol. The number of aliphatic hydroxyl groups is 1. The van der Waals surface area contributed by atoms with Gasteiger partial charge in [0.1, 0.15) is 0 Å². The Morgan fingerprint density at radius 1 is 0.857 bits per heavy atom. The average molecular weight is 375 g/mol. The van der Waals surface area contributed by atoms with Crippen LogP contribution in [0.1, 0.15) is 33.6 Å². The molecular formula is C23H25N3O2. The minimum atomic E-state index is -0.240. The first kappa shape index (κ1) is 19.6. The van der Waals surface area contributed by atoms with Gasteiger partial charge in [-0.15, -0.1) is 0 Å². The van der Waals surface area contributed by atoms with Crippen LogP contribution in [0, 0.1) is 0 Å². The van der Waals surface area contributed by atoms with Gasteiger partial charge in [-0.2, -0.15) is 0 Å². The maximum Gasteiger partial charge on any atom is 0.251 e. The molecule has 2 unspecified atom stereocenters. The third-order valence-corrected chi connectivity index (χ3v) is 4.60. The second kappa shape index (κ2) is 9.69. The summed E-state index contributed by atoms with van der Waals surface area (Å²) in [6, 6.07) is 26.1. The average Bonchev–Trinajstić information content (AvgIpc) is 2.75. The number of carbonyl (C=O) groups excluding carboxylic acids is 1. The molecular weight excluding hydrogens is 350 g/mol. The van der Waals surface area contributed by atoms with E-state index in [1.807, 2.05) is 60.7 Å². The van der Waals surface area contributed by atoms with Gasteiger partial charge in [0.2, 0.25) is 0 Å². The molecule has 0 aliphatic carbocycles. The molecule has 0 saturated heterocycles. The van der Waals surface area contributed by atoms with Crippen molar-refractivity contribution in [1.29, 1.82) is 0 Å². The topological polar surface area (TPSA) is 87.4 Å². The van der Waals surface area contributed by atoms with Gasteiger partial charge in [0, 0.05) is 17.8 Å². The Hall–Kier alpha value is -3.15. The summed E-state index contributed by atoms with van der Waals surface area (Å²) in [4.78, 5) is 12.5. The highest BCUT2D eigenvalue weighted by Gasteiger charge is 2.19. The molecule has 1 amide bonds. The zero-order valence-electron chi connectivity index (χ0n) is 15.6. The zero-order valence-corrected chi connectivity index (χ0v) is 15.6. The maximum absolute atomic E-state index is 12.5. The van der Waals surface area contributed by atoms with E-state index in [9.17, 15) is 9.90 Å². The molecule has 0 heterocycles. The molecule has 28 heavy (non-hydrogen) atoms. The molecule has 5 heteroatoms. The highest BCUT2D eigenvalue weighted by Crippen LogP contribution is 2.19. The van der Waals surface area contributed by atoms with Crippen LogP contribution in [-0.2, 0) is 0 Å². The lowest BCUT2D eigenvalue weighted by Crippen LogP contribution is -2.37. The summed E-state index contributed by atoms with van der Waals surface area (Å²) in [7, 11) is 0. The Morgan fingerprint density at radius 3 is 2.04 bits per heavy atom. The Bertz CT molecular complexity index is 885. The summed E-state index contributed by atoms with van der Waals surface area (Å²) in [6.45, 7) is 0.331. The molecule has 0 aromatic heterocycles. The first-order valence-corrected chi connectivity index (χ1v) is 9.28. The predicted molar refractivity (Wildman–Crippen MR) is 112 cm³/mol. The van der Waals surface area contributed by atoms with Crippen LogP contribution >= 0.6 is 0 Å². The predicted octanol–water partition coefficient (Wildman–Crippen LogP) is 3.06. The number of aliphatic hydroxyl groups excluding tert-OH is 1. The van der Waals surface area contributed by atoms with Crippen LogP contribution in [0.4, 0.5) is 5.69 Å². The fraction of sp³-hybridized carbons (Fsp3) is 0.174. The lowest BCUT2D eigenvalue weighted by atomic mass is 10.0. The van der Waals surface area contributed by atoms with Gasteiger partial charge in [-0.3, -0.25) is 10.1 Å². The van der Waals surface area contributed by atoms with Crippen molar-refractivity contribution in [2.75, 3.05) is 18.9 Å². The van der Waals surface area contributed by atoms with E-state index < -0.39 is 0 Å². The molecule has 144 valence electrons. The van der Waals surface area contributed by atoms with E-state index in [-0.39, 0.29) is 24.6 Å². The van der Waals surface area contributed by atoms with E-state index in [1.165, 1.54) is 0 Å². The SMILES string of the molecule is Nc1cccc(C(=O)NCC(NC(CO)c2ccccc2)c2ccccc2)c1. The summed E-state index contributed by atoms with van der Waals surface area (Å²) in [6.07, 6.45) is 0. The van der Waals surface area contributed by atoms with Gasteiger partial charge in [0.15, 0.2) is 0 Å². The Balaban J connectivity index is 1.75. The van der Waals surface area contributed by atoms with Crippen molar-refractivity contribution in [2.45, 2.75) is 12.1 Å². The molecule has 0 aliphatic rings. The van der Waals surface area contributed by atoms with Crippen molar-refractivity contribution in [1.82, 2.24) is 10.6 Å². The van der Waals surface area contributed by atoms with Crippen LogP contribution in [0.2, 0.25) is 0 Å². The van der Waals surface area contributed by atoms with Crippen molar-refractivity contribution in [3.63, 3.8) is 0 Å². The molecule has 2 atom stereocenters. The van der Waals surface area contributed by atoms with Gasteiger partial charge >= 0.3 is 0 Å². The molecule has 0 radical (unpaired) electrons. The third-order valence-electron chi connectivity index (χ3n) is 4.60. The first-order valence-electron chi connectivity index (χ1n) is 9.28. The molecule has 3 aromatic carbocycles. The number of benzene rings is 3. The molecule has 0 saturated carbocycles. The lowest BCUT2D eigenvalue weighted by molar-refractivity contribution is 0.0948. The van der Waals surface area contributed by atoms with Crippen molar-refractivity contribution in [3.05, 3.63) is 102 Å². The van der Waals surface area contributed by atoms with E-state index in [4.69, 9.17) is 5.73 Å². The highest BCUT2D eigenvalue weighted by molar-refractivity contribution is 5.95. The van der Waals surface area contributed by atoms with E-state index in [2.05, 4.69) is 10.6 Å². The first-order chi connectivity index (χ1) is 13.7. The number of rotatable bonds is 8. The van der Waals surface area contributed by atoms with Gasteiger partial charge in [0.05, 0.1) is 18.7 Å². The van der Waals surface area contributed by atoms with Crippen LogP contribution in [0.3, 0.4) is 0 Å². The maximum atomic E-state index is 12.5. The van der Waals surface area contributed by atoms with E-state index in [0.717, 1.165) is 11.1 Å². The molecule has 3 aromatic rings. The van der Waals surface area contributed by atoms with Gasteiger partial charge in [-0.1, -0.05) is 66.7 Å². The number of hydrogen-bond donors (Lipinski definition) is 4.